The molecule has 0 aliphatic carbocycles. The molecular weight excluding hydrogens is 334 g/mol. The molecule has 0 bridgehead atoms. The summed E-state index contributed by atoms with van der Waals surface area (Å²) in [6.45, 7) is 3.65. The van der Waals surface area contributed by atoms with E-state index in [0.717, 1.165) is 0 Å². The van der Waals surface area contributed by atoms with Crippen LogP contribution in [0.25, 0.3) is 0 Å². The Labute approximate surface area is 146 Å². The molecule has 1 heterocycles. The Hall–Kier alpha value is -1.79. The molecule has 0 aromatic heterocycles. The summed E-state index contributed by atoms with van der Waals surface area (Å²) < 4.78 is 15.9. The largest absolute Gasteiger partial charge is 0.478 e. The normalized spacial score (nSPS) is 20.8. The van der Waals surface area contributed by atoms with Crippen molar-refractivity contribution in [3.8, 4) is 5.75 Å². The van der Waals surface area contributed by atoms with Crippen LogP contribution in [0.4, 0.5) is 0 Å². The van der Waals surface area contributed by atoms with Gasteiger partial charge in [0.15, 0.2) is 5.60 Å². The predicted molar refractivity (Wildman–Crippen MR) is 89.1 cm³/mol. The van der Waals surface area contributed by atoms with Gasteiger partial charge in [0, 0.05) is 25.1 Å². The van der Waals surface area contributed by atoms with Gasteiger partial charge in [0.1, 0.15) is 11.8 Å². The van der Waals surface area contributed by atoms with Gasteiger partial charge in [-0.25, -0.2) is 4.79 Å². The minimum Gasteiger partial charge on any atom is -0.478 e. The van der Waals surface area contributed by atoms with E-state index in [2.05, 4.69) is 0 Å². The van der Waals surface area contributed by atoms with Gasteiger partial charge in [0.25, 0.3) is 5.91 Å². The molecule has 0 spiro atoms. The molecule has 0 unspecified atom stereocenters. The Morgan fingerprint density at radius 1 is 1.21 bits per heavy atom. The van der Waals surface area contributed by atoms with Crippen molar-refractivity contribution >= 4 is 23.5 Å². The molecule has 1 aliphatic rings. The van der Waals surface area contributed by atoms with E-state index in [1.54, 1.807) is 45.2 Å². The third-order valence-electron chi connectivity index (χ3n) is 4.03. The van der Waals surface area contributed by atoms with Gasteiger partial charge in [0.05, 0.1) is 13.2 Å². The first kappa shape index (κ1) is 18.5. The number of esters is 1. The lowest BCUT2D eigenvalue weighted by atomic mass is 10.1. The van der Waals surface area contributed by atoms with Gasteiger partial charge < -0.3 is 19.1 Å². The van der Waals surface area contributed by atoms with E-state index < -0.39 is 17.6 Å². The number of carbonyl (C=O) groups is 2. The van der Waals surface area contributed by atoms with Crippen molar-refractivity contribution in [2.24, 2.45) is 0 Å². The third-order valence-corrected chi connectivity index (χ3v) is 4.28. The number of halogens is 1. The van der Waals surface area contributed by atoms with Crippen molar-refractivity contribution in [2.45, 2.75) is 38.0 Å². The van der Waals surface area contributed by atoms with Crippen molar-refractivity contribution in [3.05, 3.63) is 29.3 Å². The highest BCUT2D eigenvalue weighted by molar-refractivity contribution is 6.30. The molecule has 2 rings (SSSR count). The number of carbonyl (C=O) groups excluding carboxylic acids is 2. The zero-order valence-corrected chi connectivity index (χ0v) is 15.0. The Kier molecular flexibility index (Phi) is 5.72. The maximum atomic E-state index is 12.9. The van der Waals surface area contributed by atoms with Crippen LogP contribution in [0.2, 0.25) is 5.02 Å². The number of likely N-dealkylation sites (tertiary alicyclic amines) is 1. The fourth-order valence-corrected chi connectivity index (χ4v) is 2.86. The minimum atomic E-state index is -1.15. The fourth-order valence-electron chi connectivity index (χ4n) is 2.74. The van der Waals surface area contributed by atoms with Crippen molar-refractivity contribution in [1.82, 2.24) is 4.90 Å². The summed E-state index contributed by atoms with van der Waals surface area (Å²) >= 11 is 5.85. The van der Waals surface area contributed by atoms with Gasteiger partial charge in [-0.05, 0) is 38.1 Å². The smallest absolute Gasteiger partial charge is 0.328 e. The molecule has 1 aromatic rings. The van der Waals surface area contributed by atoms with Gasteiger partial charge in [-0.2, -0.15) is 0 Å². The number of rotatable bonds is 5. The van der Waals surface area contributed by atoms with E-state index in [1.807, 2.05) is 0 Å². The van der Waals surface area contributed by atoms with Crippen molar-refractivity contribution in [2.75, 3.05) is 20.8 Å². The highest BCUT2D eigenvalue weighted by Crippen LogP contribution is 2.27. The van der Waals surface area contributed by atoms with Crippen molar-refractivity contribution in [3.63, 3.8) is 0 Å². The third kappa shape index (κ3) is 3.99. The van der Waals surface area contributed by atoms with Gasteiger partial charge in [-0.1, -0.05) is 11.6 Å². The second-order valence-electron chi connectivity index (χ2n) is 6.16. The molecule has 1 amide bonds. The monoisotopic (exact) mass is 355 g/mol. The summed E-state index contributed by atoms with van der Waals surface area (Å²) in [7, 11) is 2.86. The summed E-state index contributed by atoms with van der Waals surface area (Å²) in [6.07, 6.45) is 0.204. The summed E-state index contributed by atoms with van der Waals surface area (Å²) in [5, 5.41) is 0.583. The van der Waals surface area contributed by atoms with Crippen LogP contribution in [-0.2, 0) is 19.1 Å². The fraction of sp³-hybridized carbons (Fsp3) is 0.529. The number of methoxy groups -OCH3 is 2. The topological polar surface area (TPSA) is 65.1 Å². The molecule has 1 aromatic carbocycles. The molecule has 0 N–H and O–H groups in total. The van der Waals surface area contributed by atoms with Gasteiger partial charge in [0.2, 0.25) is 0 Å². The first-order valence-electron chi connectivity index (χ1n) is 7.64. The van der Waals surface area contributed by atoms with Crippen LogP contribution in [0.15, 0.2) is 24.3 Å². The van der Waals surface area contributed by atoms with E-state index in [9.17, 15) is 9.59 Å². The number of ether oxygens (including phenoxy) is 3. The second kappa shape index (κ2) is 7.40. The Morgan fingerprint density at radius 2 is 1.83 bits per heavy atom. The molecule has 0 saturated carbocycles. The standard InChI is InChI=1S/C17H22ClNO5/c1-17(2,24-12-7-5-11(18)6-8-12)16(21)19-10-13(22-3)9-14(19)15(20)23-4/h5-8,13-14H,9-10H2,1-4H3/t13-,14-/m0/s1. The zero-order valence-electron chi connectivity index (χ0n) is 14.2. The summed E-state index contributed by atoms with van der Waals surface area (Å²) in [6, 6.07) is 6.09. The Balaban J connectivity index is 2.17. The lowest BCUT2D eigenvalue weighted by Gasteiger charge is -2.32. The summed E-state index contributed by atoms with van der Waals surface area (Å²) in [5.74, 6) is -0.229. The average Bonchev–Trinajstić information content (AvgIpc) is 2.99. The molecule has 132 valence electrons. The second-order valence-corrected chi connectivity index (χ2v) is 6.59. The first-order valence-corrected chi connectivity index (χ1v) is 8.02. The van der Waals surface area contributed by atoms with Gasteiger partial charge in [-0.15, -0.1) is 0 Å². The van der Waals surface area contributed by atoms with Crippen LogP contribution in [-0.4, -0.2) is 55.3 Å². The van der Waals surface area contributed by atoms with Crippen LogP contribution in [0, 0.1) is 0 Å². The quantitative estimate of drug-likeness (QED) is 0.758. The van der Waals surface area contributed by atoms with Crippen LogP contribution in [0.5, 0.6) is 5.75 Å². The molecular formula is C17H22ClNO5. The highest BCUT2D eigenvalue weighted by atomic mass is 35.5. The van der Waals surface area contributed by atoms with Crippen molar-refractivity contribution < 1.29 is 23.8 Å². The van der Waals surface area contributed by atoms with E-state index in [-0.39, 0.29) is 12.0 Å². The summed E-state index contributed by atoms with van der Waals surface area (Å²) in [4.78, 5) is 26.4. The van der Waals surface area contributed by atoms with E-state index in [4.69, 9.17) is 25.8 Å². The molecule has 1 fully saturated rings. The average molecular weight is 356 g/mol. The van der Waals surface area contributed by atoms with E-state index in [0.29, 0.717) is 23.7 Å². The van der Waals surface area contributed by atoms with Crippen LogP contribution >= 0.6 is 11.6 Å². The zero-order chi connectivity index (χ0) is 17.9. The highest BCUT2D eigenvalue weighted by Gasteiger charge is 2.46. The molecule has 2 atom stereocenters. The van der Waals surface area contributed by atoms with Gasteiger partial charge in [-0.3, -0.25) is 4.79 Å². The number of hydrogen-bond donors (Lipinski definition) is 0. The number of nitrogens with zero attached hydrogens (tertiary/aromatic N) is 1. The lowest BCUT2D eigenvalue weighted by molar-refractivity contribution is -0.156. The lowest BCUT2D eigenvalue weighted by Crippen LogP contribution is -2.52. The maximum Gasteiger partial charge on any atom is 0.328 e. The number of benzene rings is 1. The maximum absolute atomic E-state index is 12.9. The van der Waals surface area contributed by atoms with Crippen molar-refractivity contribution in [1.29, 1.82) is 0 Å². The van der Waals surface area contributed by atoms with Crippen LogP contribution < -0.4 is 4.74 Å². The Morgan fingerprint density at radius 3 is 2.38 bits per heavy atom. The van der Waals surface area contributed by atoms with Crippen LogP contribution in [0.3, 0.4) is 0 Å². The van der Waals surface area contributed by atoms with E-state index in [1.165, 1.54) is 12.0 Å². The molecule has 6 nitrogen and oxygen atoms in total. The predicted octanol–water partition coefficient (Wildman–Crippen LogP) is 2.29. The molecule has 0 radical (unpaired) electrons. The van der Waals surface area contributed by atoms with Crippen LogP contribution in [0.1, 0.15) is 20.3 Å². The number of hydrogen-bond acceptors (Lipinski definition) is 5. The molecule has 1 aliphatic heterocycles. The first-order chi connectivity index (χ1) is 11.3. The summed E-state index contributed by atoms with van der Waals surface area (Å²) in [5.41, 5.74) is -1.15. The number of amides is 1. The molecule has 24 heavy (non-hydrogen) atoms. The van der Waals surface area contributed by atoms with E-state index >= 15 is 0 Å². The molecule has 7 heteroatoms. The van der Waals surface area contributed by atoms with Gasteiger partial charge >= 0.3 is 5.97 Å². The SMILES string of the molecule is COC(=O)[C@@H]1C[C@H](OC)CN1C(=O)C(C)(C)Oc1ccc(Cl)cc1. The molecule has 1 saturated heterocycles. The minimum absolute atomic E-state index is 0.204. The Bertz CT molecular complexity index is 602.